The van der Waals surface area contributed by atoms with Crippen LogP contribution in [-0.4, -0.2) is 36.5 Å². The summed E-state index contributed by atoms with van der Waals surface area (Å²) in [5.41, 5.74) is 31.2. The van der Waals surface area contributed by atoms with E-state index in [4.69, 9.17) is 0 Å². The maximum atomic E-state index is 2.42. The van der Waals surface area contributed by atoms with Crippen molar-refractivity contribution >= 4 is 174 Å². The third-order valence-electron chi connectivity index (χ3n) is 26.5. The van der Waals surface area contributed by atoms with Crippen LogP contribution in [0.1, 0.15) is 0 Å². The average Bonchev–Trinajstić information content (AvgIpc) is 1.57. The van der Waals surface area contributed by atoms with E-state index in [0.717, 1.165) is 17.1 Å². The predicted octanol–water partition coefficient (Wildman–Crippen LogP) is 31.5. The first-order valence-corrected chi connectivity index (χ1v) is 44.0. The van der Waals surface area contributed by atoms with Crippen LogP contribution in [0.25, 0.3) is 231 Å². The Hall–Kier alpha value is -17.2. The second-order valence-electron chi connectivity index (χ2n) is 33.5. The van der Waals surface area contributed by atoms with Crippen LogP contribution in [-0.2, 0) is 0 Å². The number of fused-ring (bicyclic) bond motifs is 24. The van der Waals surface area contributed by atoms with E-state index in [1.54, 1.807) is 0 Å². The van der Waals surface area contributed by atoms with E-state index in [0.29, 0.717) is 0 Å². The Morgan fingerprint density at radius 1 is 0.0859 bits per heavy atom. The molecule has 0 amide bonds. The molecule has 0 spiro atoms. The molecule has 0 unspecified atom stereocenters. The summed E-state index contributed by atoms with van der Waals surface area (Å²) in [5.74, 6) is 0. The normalized spacial score (nSPS) is 11.9. The first-order valence-electron chi connectivity index (χ1n) is 44.0. The molecule has 128 heavy (non-hydrogen) atoms. The van der Waals surface area contributed by atoms with Crippen molar-refractivity contribution < 1.29 is 0 Å². The summed E-state index contributed by atoms with van der Waals surface area (Å²) in [6.07, 6.45) is 0. The topological polar surface area (TPSA) is 39.4 Å². The maximum absolute atomic E-state index is 2.42. The van der Waals surface area contributed by atoms with Crippen LogP contribution in [0, 0.1) is 0 Å². The van der Waals surface area contributed by atoms with Crippen LogP contribution < -0.4 is 0 Å². The van der Waals surface area contributed by atoms with E-state index in [2.05, 4.69) is 510 Å². The van der Waals surface area contributed by atoms with Gasteiger partial charge in [-0.2, -0.15) is 0 Å². The summed E-state index contributed by atoms with van der Waals surface area (Å²) in [4.78, 5) is 0. The van der Waals surface area contributed by atoms with Gasteiger partial charge in [-0.1, -0.05) is 285 Å². The van der Waals surface area contributed by atoms with Gasteiger partial charge in [0.2, 0.25) is 0 Å². The van der Waals surface area contributed by atoms with E-state index < -0.39 is 0 Å². The van der Waals surface area contributed by atoms with Gasteiger partial charge in [-0.05, 0) is 199 Å². The van der Waals surface area contributed by atoms with Gasteiger partial charge in [0.05, 0.1) is 88.3 Å². The molecule has 8 nitrogen and oxygen atoms in total. The zero-order valence-corrected chi connectivity index (χ0v) is 69.6. The van der Waals surface area contributed by atoms with Crippen molar-refractivity contribution in [2.75, 3.05) is 0 Å². The van der Waals surface area contributed by atoms with E-state index in [-0.39, 0.29) is 0 Å². The molecule has 20 aromatic carbocycles. The molecule has 0 saturated carbocycles. The van der Waals surface area contributed by atoms with Gasteiger partial charge in [-0.25, -0.2) is 0 Å². The highest BCUT2D eigenvalue weighted by Gasteiger charge is 2.24. The molecular formula is C120H78N8. The number of para-hydroxylation sites is 13. The lowest BCUT2D eigenvalue weighted by Crippen LogP contribution is -1.99. The molecule has 0 atom stereocenters. The van der Waals surface area contributed by atoms with Gasteiger partial charge in [0.25, 0.3) is 0 Å². The Morgan fingerprint density at radius 3 is 0.484 bits per heavy atom. The summed E-state index contributed by atoms with van der Waals surface area (Å²) in [7, 11) is 0. The monoisotopic (exact) mass is 1630 g/mol. The third kappa shape index (κ3) is 11.3. The van der Waals surface area contributed by atoms with Crippen molar-refractivity contribution in [2.24, 2.45) is 0 Å². The van der Waals surface area contributed by atoms with Gasteiger partial charge < -0.3 is 36.5 Å². The lowest BCUT2D eigenvalue weighted by atomic mass is 10.1. The van der Waals surface area contributed by atoms with Crippen molar-refractivity contribution in [2.45, 2.75) is 0 Å². The molecule has 0 bridgehead atoms. The number of nitrogens with zero attached hydrogens (tertiary/aromatic N) is 8. The lowest BCUT2D eigenvalue weighted by molar-refractivity contribution is 1.13. The minimum absolute atomic E-state index is 1.14. The molecule has 8 aromatic heterocycles. The largest absolute Gasteiger partial charge is 0.309 e. The molecule has 0 aliphatic carbocycles. The summed E-state index contributed by atoms with van der Waals surface area (Å²) in [6, 6.07) is 171. The van der Waals surface area contributed by atoms with Crippen LogP contribution >= 0.6 is 0 Å². The van der Waals surface area contributed by atoms with Gasteiger partial charge in [-0.3, -0.25) is 0 Å². The Labute approximate surface area is 735 Å². The fourth-order valence-electron chi connectivity index (χ4n) is 21.1. The van der Waals surface area contributed by atoms with Gasteiger partial charge in [0.15, 0.2) is 0 Å². The number of hydrogen-bond donors (Lipinski definition) is 0. The highest BCUT2D eigenvalue weighted by Crippen LogP contribution is 2.45. The van der Waals surface area contributed by atoms with Gasteiger partial charge >= 0.3 is 0 Å². The molecule has 0 fully saturated rings. The molecule has 598 valence electrons. The Bertz CT molecular complexity index is 9140. The smallest absolute Gasteiger partial charge is 0.0542 e. The van der Waals surface area contributed by atoms with Crippen molar-refractivity contribution in [3.05, 3.63) is 473 Å². The van der Waals surface area contributed by atoms with Crippen LogP contribution in [0.4, 0.5) is 0 Å². The van der Waals surface area contributed by atoms with E-state index >= 15 is 0 Å². The van der Waals surface area contributed by atoms with Crippen LogP contribution in [0.15, 0.2) is 473 Å². The Kier molecular flexibility index (Phi) is 16.6. The lowest BCUT2D eigenvalue weighted by Gasteiger charge is -2.13. The molecular weight excluding hydrogens is 1550 g/mol. The van der Waals surface area contributed by atoms with Crippen molar-refractivity contribution in [3.63, 3.8) is 0 Å². The summed E-state index contributed by atoms with van der Waals surface area (Å²) >= 11 is 0. The SMILES string of the molecule is c1cc(-n2c3ccccc3c3ccccc32)cc(-n2c3ccccc3c3cc(-n4c5ccccc5c5ccccc54)ccc32)c1.c1ccc(-c2cccc(-n3c4ccccc4c4cc(-n5c6ccccc6c6ccccc65)ccc43)c2)cc1.c1ccc(-n2c3ccccc3c3cc(-n4c5ccccc5c5cc(-n6c7ccccc7c7ccccc76)ccc54)ccc32)cc1. The minimum Gasteiger partial charge on any atom is -0.309 e. The maximum Gasteiger partial charge on any atom is 0.0542 e. The van der Waals surface area contributed by atoms with Crippen molar-refractivity contribution in [1.29, 1.82) is 0 Å². The van der Waals surface area contributed by atoms with Crippen molar-refractivity contribution in [1.82, 2.24) is 36.5 Å². The van der Waals surface area contributed by atoms with Crippen LogP contribution in [0.5, 0.6) is 0 Å². The summed E-state index contributed by atoms with van der Waals surface area (Å²) in [6.45, 7) is 0. The number of rotatable bonds is 9. The fraction of sp³-hybridized carbons (Fsp3) is 0. The van der Waals surface area contributed by atoms with Gasteiger partial charge in [-0.15, -0.1) is 0 Å². The van der Waals surface area contributed by atoms with Crippen LogP contribution in [0.2, 0.25) is 0 Å². The molecule has 28 rings (SSSR count). The second-order valence-corrected chi connectivity index (χ2v) is 33.5. The second kappa shape index (κ2) is 29.2. The molecule has 0 aliphatic rings. The first-order chi connectivity index (χ1) is 63.6. The van der Waals surface area contributed by atoms with E-state index in [9.17, 15) is 0 Å². The molecule has 0 aliphatic heterocycles. The molecule has 28 aromatic rings. The molecule has 8 heteroatoms. The summed E-state index contributed by atoms with van der Waals surface area (Å²) < 4.78 is 19.2. The number of benzene rings is 20. The predicted molar refractivity (Wildman–Crippen MR) is 539 cm³/mol. The standard InChI is InChI=1S/2C42H27N3.C36H24N2/c1-6-19-37-31(14-1)32-15-2-7-20-38(32)43(37)28-12-11-13-29(26-28)44-41-23-10-5-18-35(41)36-27-30(24-25-42(36)44)45-39-21-8-3-16-33(39)34-17-4-9-22-40(34)45;1-2-12-28(13-3-1)43-39-20-10-6-16-33(39)35-27-30(22-24-41(35)43)45-40-21-11-7-17-34(40)36-26-29(23-25-42(36)45)44-37-18-8-4-14-31(37)32-15-5-9-19-38(32)44;1-2-11-25(12-3-1)26-13-10-14-27(23-26)37-35-20-9-6-17-31(35)32-24-28(21-22-36(32)37)38-33-18-7-4-15-29(33)30-16-5-8-19-34(30)38/h2*1-27H;1-24H. The van der Waals surface area contributed by atoms with Crippen LogP contribution in [0.3, 0.4) is 0 Å². The first kappa shape index (κ1) is 72.4. The molecule has 8 heterocycles. The van der Waals surface area contributed by atoms with E-state index in [1.165, 1.54) is 214 Å². The number of hydrogen-bond acceptors (Lipinski definition) is 0. The summed E-state index contributed by atoms with van der Waals surface area (Å²) in [5, 5.41) is 20.2. The highest BCUT2D eigenvalue weighted by molar-refractivity contribution is 6.18. The zero-order chi connectivity index (χ0) is 84.0. The van der Waals surface area contributed by atoms with Crippen molar-refractivity contribution in [3.8, 4) is 56.6 Å². The zero-order valence-electron chi connectivity index (χ0n) is 69.6. The highest BCUT2D eigenvalue weighted by atomic mass is 15.0. The third-order valence-corrected chi connectivity index (χ3v) is 26.5. The average molecular weight is 1630 g/mol. The molecule has 0 saturated heterocycles. The Balaban J connectivity index is 0.000000102. The van der Waals surface area contributed by atoms with Gasteiger partial charge in [0.1, 0.15) is 0 Å². The molecule has 0 radical (unpaired) electrons. The molecule has 0 N–H and O–H groups in total. The van der Waals surface area contributed by atoms with Gasteiger partial charge in [0, 0.05) is 132 Å². The Morgan fingerprint density at radius 2 is 0.242 bits per heavy atom. The minimum atomic E-state index is 1.14. The quantitative estimate of drug-likeness (QED) is 0.138. The van der Waals surface area contributed by atoms with E-state index in [1.807, 2.05) is 0 Å². The number of aromatic nitrogens is 8. The fourth-order valence-corrected chi connectivity index (χ4v) is 21.1.